The highest BCUT2D eigenvalue weighted by atomic mass is 19.1. The van der Waals surface area contributed by atoms with E-state index >= 15 is 0 Å². The second-order valence-electron chi connectivity index (χ2n) is 13.5. The molecule has 0 atom stereocenters. The van der Waals surface area contributed by atoms with Crippen LogP contribution in [0, 0.1) is 10.8 Å². The van der Waals surface area contributed by atoms with Crippen LogP contribution in [0.15, 0.2) is 47.1 Å². The maximum absolute atomic E-state index is 14.3. The molecule has 2 saturated heterocycles. The van der Waals surface area contributed by atoms with Crippen molar-refractivity contribution in [3.63, 3.8) is 0 Å². The molecule has 2 aromatic heterocycles. The van der Waals surface area contributed by atoms with Crippen LogP contribution < -0.4 is 9.64 Å². The Hall–Kier alpha value is -3.33. The first-order chi connectivity index (χ1) is 19.8. The van der Waals surface area contributed by atoms with Crippen molar-refractivity contribution in [1.82, 2.24) is 15.1 Å². The van der Waals surface area contributed by atoms with Crippen LogP contribution in [0.25, 0.3) is 11.1 Å². The van der Waals surface area contributed by atoms with Gasteiger partial charge < -0.3 is 18.9 Å². The molecule has 7 aliphatic rings. The van der Waals surface area contributed by atoms with Gasteiger partial charge in [0, 0.05) is 42.2 Å². The van der Waals surface area contributed by atoms with E-state index < -0.39 is 11.3 Å². The third-order valence-corrected chi connectivity index (χ3v) is 10.4. The molecule has 0 radical (unpaired) electrons. The van der Waals surface area contributed by atoms with Crippen molar-refractivity contribution in [2.24, 2.45) is 10.8 Å². The molecule has 0 unspecified atom stereocenters. The standard InChI is InChI=1S/C32H35FN4O4/c1-39-25-14-23(7-12-34-25)22-3-2-4-24(13-22)37(26(38)15-30-16-31(33,17-30)18-30)19-29-8-10-32(11-9-29,40-20-29)28-35-27(36-41-28)21-5-6-21/h2-4,7,12-14,21H,5-6,8-11,15-20H2,1H3. The Bertz CT molecular complexity index is 1470. The number of hydrogen-bond donors (Lipinski definition) is 0. The maximum atomic E-state index is 14.3. The minimum atomic E-state index is -1.03. The lowest BCUT2D eigenvalue weighted by Crippen LogP contribution is -2.65. The van der Waals surface area contributed by atoms with Crippen molar-refractivity contribution in [3.05, 3.63) is 54.3 Å². The van der Waals surface area contributed by atoms with Crippen molar-refractivity contribution in [2.75, 3.05) is 25.2 Å². The summed E-state index contributed by atoms with van der Waals surface area (Å²) in [5.41, 5.74) is 0.939. The molecule has 5 saturated carbocycles. The van der Waals surface area contributed by atoms with E-state index in [1.807, 2.05) is 35.2 Å². The van der Waals surface area contributed by atoms with Gasteiger partial charge in [-0.25, -0.2) is 9.37 Å². The molecular weight excluding hydrogens is 523 g/mol. The van der Waals surface area contributed by atoms with Gasteiger partial charge in [-0.1, -0.05) is 17.3 Å². The van der Waals surface area contributed by atoms with E-state index in [-0.39, 0.29) is 16.7 Å². The SMILES string of the molecule is COc1cc(-c2cccc(N(CC34CCC(c5nc(C6CC6)no5)(CC3)OC4)C(=O)CC34CC(F)(C3)C4)c2)ccn1. The fourth-order valence-electron chi connectivity index (χ4n) is 7.85. The number of aromatic nitrogens is 3. The van der Waals surface area contributed by atoms with Crippen molar-refractivity contribution < 1.29 is 23.2 Å². The third kappa shape index (κ3) is 4.26. The summed E-state index contributed by atoms with van der Waals surface area (Å²) in [6.07, 6.45) is 9.34. The number of rotatable bonds is 9. The number of ether oxygens (including phenoxy) is 2. The first-order valence-electron chi connectivity index (χ1n) is 14.9. The van der Waals surface area contributed by atoms with E-state index in [2.05, 4.69) is 16.2 Å². The molecule has 1 amide bonds. The normalized spacial score (nSPS) is 33.1. The van der Waals surface area contributed by atoms with Gasteiger partial charge >= 0.3 is 0 Å². The number of alkyl halides is 1. The molecule has 10 rings (SSSR count). The molecular formula is C32H35FN4O4. The highest BCUT2D eigenvalue weighted by Gasteiger charge is 2.69. The number of anilines is 1. The Labute approximate surface area is 238 Å². The van der Waals surface area contributed by atoms with Gasteiger partial charge in [-0.3, -0.25) is 4.79 Å². The molecule has 1 aromatic carbocycles. The van der Waals surface area contributed by atoms with E-state index in [1.165, 1.54) is 0 Å². The monoisotopic (exact) mass is 558 g/mol. The molecule has 9 heteroatoms. The van der Waals surface area contributed by atoms with Crippen LogP contribution in [-0.4, -0.2) is 47.0 Å². The zero-order chi connectivity index (χ0) is 27.9. The second-order valence-corrected chi connectivity index (χ2v) is 13.5. The summed E-state index contributed by atoms with van der Waals surface area (Å²) >= 11 is 0. The van der Waals surface area contributed by atoms with Gasteiger partial charge in [-0.05, 0) is 92.5 Å². The molecule has 3 aromatic rings. The smallest absolute Gasteiger partial charge is 0.258 e. The summed E-state index contributed by atoms with van der Waals surface area (Å²) in [5, 5.41) is 4.24. The quantitative estimate of drug-likeness (QED) is 0.313. The van der Waals surface area contributed by atoms with Gasteiger partial charge in [0.1, 0.15) is 11.3 Å². The molecule has 5 aliphatic carbocycles. The van der Waals surface area contributed by atoms with Crippen LogP contribution in [-0.2, 0) is 15.1 Å². The van der Waals surface area contributed by atoms with Crippen molar-refractivity contribution in [2.45, 2.75) is 81.4 Å². The van der Waals surface area contributed by atoms with Crippen LogP contribution in [0.1, 0.15) is 81.8 Å². The minimum absolute atomic E-state index is 0.0685. The number of fused-ring (bicyclic) bond motifs is 3. The number of amides is 1. The lowest BCUT2D eigenvalue weighted by atomic mass is 9.41. The average molecular weight is 559 g/mol. The van der Waals surface area contributed by atoms with Crippen LogP contribution in [0.5, 0.6) is 5.88 Å². The molecule has 214 valence electrons. The minimum Gasteiger partial charge on any atom is -0.481 e. The average Bonchev–Trinajstić information content (AvgIpc) is 3.71. The van der Waals surface area contributed by atoms with Crippen molar-refractivity contribution in [1.29, 1.82) is 0 Å². The summed E-state index contributed by atoms with van der Waals surface area (Å²) in [6, 6.07) is 11.9. The van der Waals surface area contributed by atoms with E-state index in [1.54, 1.807) is 13.3 Å². The van der Waals surface area contributed by atoms with Gasteiger partial charge in [-0.2, -0.15) is 4.98 Å². The summed E-state index contributed by atoms with van der Waals surface area (Å²) < 4.78 is 31.9. The largest absolute Gasteiger partial charge is 0.481 e. The highest BCUT2D eigenvalue weighted by molar-refractivity contribution is 5.95. The number of nitrogens with zero attached hydrogens (tertiary/aromatic N) is 4. The Balaban J connectivity index is 1.06. The number of carbonyl (C=O) groups is 1. The van der Waals surface area contributed by atoms with E-state index in [9.17, 15) is 9.18 Å². The molecule has 41 heavy (non-hydrogen) atoms. The number of benzene rings is 1. The lowest BCUT2D eigenvalue weighted by Gasteiger charge is -2.66. The summed E-state index contributed by atoms with van der Waals surface area (Å²) in [7, 11) is 1.60. The molecule has 0 N–H and O–H groups in total. The van der Waals surface area contributed by atoms with Gasteiger partial charge in [0.15, 0.2) is 5.82 Å². The van der Waals surface area contributed by atoms with Crippen LogP contribution >= 0.6 is 0 Å². The zero-order valence-electron chi connectivity index (χ0n) is 23.4. The summed E-state index contributed by atoms with van der Waals surface area (Å²) in [5.74, 6) is 2.47. The van der Waals surface area contributed by atoms with Crippen LogP contribution in [0.2, 0.25) is 0 Å². The number of pyridine rings is 1. The van der Waals surface area contributed by atoms with Gasteiger partial charge in [0.05, 0.1) is 13.7 Å². The number of carbonyl (C=O) groups excluding carboxylic acids is 1. The topological polar surface area (TPSA) is 90.6 Å². The third-order valence-electron chi connectivity index (χ3n) is 10.4. The fraction of sp³-hybridized carbons (Fsp3) is 0.562. The molecule has 4 bridgehead atoms. The first kappa shape index (κ1) is 25.4. The maximum Gasteiger partial charge on any atom is 0.258 e. The Morgan fingerprint density at radius 3 is 2.54 bits per heavy atom. The van der Waals surface area contributed by atoms with Gasteiger partial charge in [0.2, 0.25) is 11.8 Å². The van der Waals surface area contributed by atoms with Crippen molar-refractivity contribution in [3.8, 4) is 17.0 Å². The summed E-state index contributed by atoms with van der Waals surface area (Å²) in [6.45, 7) is 1.11. The number of halogens is 1. The van der Waals surface area contributed by atoms with E-state index in [4.69, 9.17) is 19.0 Å². The zero-order valence-corrected chi connectivity index (χ0v) is 23.4. The second kappa shape index (κ2) is 8.84. The summed E-state index contributed by atoms with van der Waals surface area (Å²) in [4.78, 5) is 24.9. The molecule has 7 fully saturated rings. The molecule has 0 spiro atoms. The Morgan fingerprint density at radius 2 is 1.85 bits per heavy atom. The molecule has 4 heterocycles. The molecule has 8 nitrogen and oxygen atoms in total. The Kier molecular flexibility index (Phi) is 5.47. The first-order valence-corrected chi connectivity index (χ1v) is 14.9. The highest BCUT2D eigenvalue weighted by Crippen LogP contribution is 2.71. The predicted octanol–water partition coefficient (Wildman–Crippen LogP) is 6.12. The lowest BCUT2D eigenvalue weighted by molar-refractivity contribution is -0.215. The predicted molar refractivity (Wildman–Crippen MR) is 148 cm³/mol. The van der Waals surface area contributed by atoms with Crippen LogP contribution in [0.4, 0.5) is 10.1 Å². The van der Waals surface area contributed by atoms with Crippen LogP contribution in [0.3, 0.4) is 0 Å². The Morgan fingerprint density at radius 1 is 1.07 bits per heavy atom. The van der Waals surface area contributed by atoms with E-state index in [0.717, 1.165) is 61.2 Å². The number of methoxy groups -OCH3 is 1. The van der Waals surface area contributed by atoms with Gasteiger partial charge in [0.25, 0.3) is 5.89 Å². The molecule has 2 aliphatic heterocycles. The van der Waals surface area contributed by atoms with Gasteiger partial charge in [-0.15, -0.1) is 0 Å². The van der Waals surface area contributed by atoms with Crippen molar-refractivity contribution >= 4 is 11.6 Å². The number of hydrogen-bond acceptors (Lipinski definition) is 7. The fourth-order valence-corrected chi connectivity index (χ4v) is 7.85. The van der Waals surface area contributed by atoms with E-state index in [0.29, 0.717) is 56.5 Å².